The van der Waals surface area contributed by atoms with E-state index < -0.39 is 41.1 Å². The average molecular weight is 471 g/mol. The van der Waals surface area contributed by atoms with E-state index in [9.17, 15) is 27.9 Å². The molecule has 176 valence electrons. The Hall–Kier alpha value is -3.63. The third-order valence-corrected chi connectivity index (χ3v) is 6.24. The number of amides is 1. The lowest BCUT2D eigenvalue weighted by atomic mass is 9.95. The molecule has 4 aromatic rings. The number of hydrogen-bond donors (Lipinski definition) is 3. The van der Waals surface area contributed by atoms with E-state index >= 15 is 0 Å². The number of aromatic nitrogens is 2. The molecule has 1 aliphatic heterocycles. The summed E-state index contributed by atoms with van der Waals surface area (Å²) in [4.78, 5) is 32.7. The third kappa shape index (κ3) is 3.46. The van der Waals surface area contributed by atoms with Crippen LogP contribution < -0.4 is 5.56 Å². The van der Waals surface area contributed by atoms with Gasteiger partial charge in [-0.15, -0.1) is 0 Å². The number of nitrogens with zero attached hydrogens (tertiary/aromatic N) is 1. The van der Waals surface area contributed by atoms with Crippen molar-refractivity contribution in [3.8, 4) is 0 Å². The van der Waals surface area contributed by atoms with E-state index in [0.717, 1.165) is 12.1 Å². The first kappa shape index (κ1) is 22.2. The molecule has 0 saturated heterocycles. The summed E-state index contributed by atoms with van der Waals surface area (Å²) in [6.07, 6.45) is -0.952. The molecule has 2 atom stereocenters. The second-order valence-corrected chi connectivity index (χ2v) is 8.42. The predicted molar refractivity (Wildman–Crippen MR) is 118 cm³/mol. The van der Waals surface area contributed by atoms with Gasteiger partial charge in [-0.25, -0.2) is 13.2 Å². The Morgan fingerprint density at radius 2 is 1.79 bits per heavy atom. The summed E-state index contributed by atoms with van der Waals surface area (Å²) < 4.78 is 47.5. The summed E-state index contributed by atoms with van der Waals surface area (Å²) in [5.41, 5.74) is 1.06. The fourth-order valence-corrected chi connectivity index (χ4v) is 4.57. The zero-order valence-corrected chi connectivity index (χ0v) is 18.2. The molecular weight excluding hydrogens is 451 g/mol. The van der Waals surface area contributed by atoms with Crippen molar-refractivity contribution in [2.75, 3.05) is 13.7 Å². The average Bonchev–Trinajstić information content (AvgIpc) is 3.22. The number of rotatable bonds is 3. The number of likely N-dealkylation sites (N-methyl/N-ethyl adjacent to an activating group) is 1. The number of ether oxygens (including phenoxy) is 1. The second-order valence-electron chi connectivity index (χ2n) is 8.42. The fourth-order valence-electron chi connectivity index (χ4n) is 4.57. The molecule has 7 nitrogen and oxygen atoms in total. The van der Waals surface area contributed by atoms with E-state index in [1.165, 1.54) is 37.1 Å². The number of aliphatic hydroxyl groups excluding tert-OH is 1. The van der Waals surface area contributed by atoms with E-state index in [-0.39, 0.29) is 29.7 Å². The molecule has 1 aliphatic rings. The van der Waals surface area contributed by atoms with Gasteiger partial charge in [-0.2, -0.15) is 0 Å². The van der Waals surface area contributed by atoms with Crippen molar-refractivity contribution in [1.82, 2.24) is 14.9 Å². The molecule has 1 amide bonds. The zero-order valence-electron chi connectivity index (χ0n) is 18.2. The van der Waals surface area contributed by atoms with Crippen LogP contribution in [0.3, 0.4) is 0 Å². The molecule has 0 spiro atoms. The van der Waals surface area contributed by atoms with Crippen molar-refractivity contribution in [2.24, 2.45) is 0 Å². The van der Waals surface area contributed by atoms with E-state index in [1.54, 1.807) is 0 Å². The monoisotopic (exact) mass is 471 g/mol. The maximum atomic E-state index is 14.1. The van der Waals surface area contributed by atoms with Gasteiger partial charge in [-0.05, 0) is 48.2 Å². The number of benzene rings is 2. The SMILES string of the molecule is CC(O)c1cc(F)cc2[nH]c(C(=O)N(C)C3COCc4[nH]c(=O)c5cc(F)c(F)cc5c43)cc12. The molecule has 0 fully saturated rings. The lowest BCUT2D eigenvalue weighted by molar-refractivity contribution is 0.0333. The molecule has 5 rings (SSSR count). The van der Waals surface area contributed by atoms with Crippen LogP contribution in [0.25, 0.3) is 21.7 Å². The van der Waals surface area contributed by atoms with Gasteiger partial charge in [0.05, 0.1) is 30.7 Å². The quantitative estimate of drug-likeness (QED) is 0.423. The minimum Gasteiger partial charge on any atom is -0.389 e. The van der Waals surface area contributed by atoms with Gasteiger partial charge in [0.25, 0.3) is 11.5 Å². The van der Waals surface area contributed by atoms with Crippen molar-refractivity contribution in [3.63, 3.8) is 0 Å². The summed E-state index contributed by atoms with van der Waals surface area (Å²) in [6, 6.07) is 5.03. The first-order chi connectivity index (χ1) is 16.2. The van der Waals surface area contributed by atoms with Crippen LogP contribution in [0.4, 0.5) is 13.2 Å². The van der Waals surface area contributed by atoms with Gasteiger partial charge in [0.1, 0.15) is 11.5 Å². The highest BCUT2D eigenvalue weighted by Crippen LogP contribution is 2.35. The third-order valence-electron chi connectivity index (χ3n) is 6.24. The molecule has 0 radical (unpaired) electrons. The lowest BCUT2D eigenvalue weighted by Crippen LogP contribution is -2.37. The van der Waals surface area contributed by atoms with Crippen molar-refractivity contribution >= 4 is 27.6 Å². The van der Waals surface area contributed by atoms with Crippen molar-refractivity contribution in [3.05, 3.63) is 80.7 Å². The Balaban J connectivity index is 1.61. The molecule has 3 heterocycles. The van der Waals surface area contributed by atoms with Crippen LogP contribution in [0.15, 0.2) is 35.1 Å². The summed E-state index contributed by atoms with van der Waals surface area (Å²) in [6.45, 7) is 1.60. The number of hydrogen-bond acceptors (Lipinski definition) is 4. The van der Waals surface area contributed by atoms with Crippen molar-refractivity contribution < 1.29 is 27.8 Å². The molecule has 2 aromatic heterocycles. The number of fused-ring (bicyclic) bond motifs is 4. The molecule has 0 saturated carbocycles. The summed E-state index contributed by atoms with van der Waals surface area (Å²) in [7, 11) is 1.52. The van der Waals surface area contributed by atoms with Crippen LogP contribution in [-0.2, 0) is 11.3 Å². The minimum atomic E-state index is -1.15. The molecule has 3 N–H and O–H groups in total. The zero-order chi connectivity index (χ0) is 24.3. The largest absolute Gasteiger partial charge is 0.389 e. The predicted octanol–water partition coefficient (Wildman–Crippen LogP) is 3.82. The van der Waals surface area contributed by atoms with Gasteiger partial charge in [-0.1, -0.05) is 0 Å². The molecule has 0 bridgehead atoms. The fraction of sp³-hybridized carbons (Fsp3) is 0.250. The van der Waals surface area contributed by atoms with Gasteiger partial charge >= 0.3 is 0 Å². The Morgan fingerprint density at radius 3 is 2.50 bits per heavy atom. The number of nitrogens with one attached hydrogen (secondary N) is 2. The number of carbonyl (C=O) groups is 1. The first-order valence-corrected chi connectivity index (χ1v) is 10.5. The molecule has 2 unspecified atom stereocenters. The molecule has 34 heavy (non-hydrogen) atoms. The number of H-pyrrole nitrogens is 2. The highest BCUT2D eigenvalue weighted by Gasteiger charge is 2.32. The van der Waals surface area contributed by atoms with Gasteiger partial charge in [0, 0.05) is 29.2 Å². The van der Waals surface area contributed by atoms with Gasteiger partial charge in [0.15, 0.2) is 11.6 Å². The van der Waals surface area contributed by atoms with Crippen LogP contribution in [0.2, 0.25) is 0 Å². The van der Waals surface area contributed by atoms with Crippen molar-refractivity contribution in [2.45, 2.75) is 25.7 Å². The highest BCUT2D eigenvalue weighted by atomic mass is 19.2. The van der Waals surface area contributed by atoms with Crippen LogP contribution in [0.1, 0.15) is 46.4 Å². The summed E-state index contributed by atoms with van der Waals surface area (Å²) in [5.74, 6) is -3.29. The molecule has 2 aromatic carbocycles. The number of aliphatic hydroxyl groups is 1. The van der Waals surface area contributed by atoms with Crippen LogP contribution >= 0.6 is 0 Å². The van der Waals surface area contributed by atoms with Crippen LogP contribution in [0.5, 0.6) is 0 Å². The Bertz CT molecular complexity index is 1530. The number of pyridine rings is 1. The Kier molecular flexibility index (Phi) is 5.22. The van der Waals surface area contributed by atoms with Gasteiger partial charge in [-0.3, -0.25) is 9.59 Å². The highest BCUT2D eigenvalue weighted by molar-refractivity contribution is 5.99. The van der Waals surface area contributed by atoms with E-state index in [4.69, 9.17) is 4.74 Å². The van der Waals surface area contributed by atoms with Crippen LogP contribution in [-0.4, -0.2) is 39.5 Å². The lowest BCUT2D eigenvalue weighted by Gasteiger charge is -2.33. The van der Waals surface area contributed by atoms with Gasteiger partial charge < -0.3 is 24.7 Å². The molecule has 0 aliphatic carbocycles. The summed E-state index contributed by atoms with van der Waals surface area (Å²) >= 11 is 0. The van der Waals surface area contributed by atoms with E-state index in [1.807, 2.05) is 0 Å². The topological polar surface area (TPSA) is 98.4 Å². The molecule has 10 heteroatoms. The smallest absolute Gasteiger partial charge is 0.270 e. The van der Waals surface area contributed by atoms with Crippen molar-refractivity contribution in [1.29, 1.82) is 0 Å². The van der Waals surface area contributed by atoms with E-state index in [2.05, 4.69) is 9.97 Å². The maximum Gasteiger partial charge on any atom is 0.270 e. The Morgan fingerprint density at radius 1 is 1.09 bits per heavy atom. The van der Waals surface area contributed by atoms with Crippen LogP contribution in [0, 0.1) is 17.5 Å². The number of carbonyl (C=O) groups excluding carboxylic acids is 1. The number of aromatic amines is 2. The second kappa shape index (κ2) is 8.00. The Labute approximate surface area is 190 Å². The summed E-state index contributed by atoms with van der Waals surface area (Å²) in [5, 5.41) is 10.7. The van der Waals surface area contributed by atoms with Gasteiger partial charge in [0.2, 0.25) is 0 Å². The normalized spacial score (nSPS) is 16.6. The first-order valence-electron chi connectivity index (χ1n) is 10.5. The minimum absolute atomic E-state index is 0.0342. The van der Waals surface area contributed by atoms with E-state index in [0.29, 0.717) is 27.7 Å². The standard InChI is InChI=1S/C24H20F3N3O4/c1-10(31)12-3-11(25)4-18-13(12)7-19(28-18)24(33)30(2)21-9-34-8-20-22(21)14-5-16(26)17(27)6-15(14)23(32)29-20/h3-7,10,21,28,31H,8-9H2,1-2H3,(H,29,32). The maximum absolute atomic E-state index is 14.1. The molecular formula is C24H20F3N3O4. The number of halogens is 3.